The van der Waals surface area contributed by atoms with E-state index in [4.69, 9.17) is 25.9 Å². The van der Waals surface area contributed by atoms with Gasteiger partial charge in [0.15, 0.2) is 0 Å². The van der Waals surface area contributed by atoms with Crippen molar-refractivity contribution in [3.05, 3.63) is 52.9 Å². The van der Waals surface area contributed by atoms with Gasteiger partial charge in [0.1, 0.15) is 6.73 Å². The molecule has 1 amide bonds. The summed E-state index contributed by atoms with van der Waals surface area (Å²) >= 11 is 6.07. The van der Waals surface area contributed by atoms with E-state index in [9.17, 15) is 4.79 Å². The van der Waals surface area contributed by atoms with E-state index < -0.39 is 0 Å². The second kappa shape index (κ2) is 8.45. The highest BCUT2D eigenvalue weighted by molar-refractivity contribution is 6.31. The maximum atomic E-state index is 12.8. The molecule has 3 rings (SSSR count). The maximum Gasteiger partial charge on any atom is 0.283 e. The van der Waals surface area contributed by atoms with Gasteiger partial charge in [-0.3, -0.25) is 14.6 Å². The molecule has 0 aliphatic heterocycles. The van der Waals surface area contributed by atoms with Gasteiger partial charge in [-0.15, -0.1) is 0 Å². The molecule has 0 unspecified atom stereocenters. The van der Waals surface area contributed by atoms with Crippen molar-refractivity contribution in [2.24, 2.45) is 0 Å². The normalized spacial score (nSPS) is 11.1. The van der Waals surface area contributed by atoms with Gasteiger partial charge in [0, 0.05) is 30.8 Å². The van der Waals surface area contributed by atoms with Crippen LogP contribution in [-0.2, 0) is 20.9 Å². The first-order valence-electron chi connectivity index (χ1n) is 8.06. The zero-order valence-electron chi connectivity index (χ0n) is 15.2. The van der Waals surface area contributed by atoms with Crippen LogP contribution in [0.2, 0.25) is 5.02 Å². The number of hydrogen-bond donors (Lipinski definition) is 0. The van der Waals surface area contributed by atoms with Crippen LogP contribution in [0.15, 0.2) is 36.7 Å². The van der Waals surface area contributed by atoms with Crippen LogP contribution in [0.3, 0.4) is 0 Å². The fraction of sp³-hybridized carbons (Fsp3) is 0.278. The molecule has 3 aromatic rings. The third-order valence-corrected chi connectivity index (χ3v) is 4.22. The van der Waals surface area contributed by atoms with E-state index in [0.29, 0.717) is 16.3 Å². The van der Waals surface area contributed by atoms with E-state index in [1.54, 1.807) is 30.1 Å². The minimum absolute atomic E-state index is 0.0103. The molecule has 0 N–H and O–H groups in total. The highest BCUT2D eigenvalue weighted by Crippen LogP contribution is 2.26. The minimum Gasteiger partial charge on any atom is -0.378 e. The number of benzene rings is 1. The summed E-state index contributed by atoms with van der Waals surface area (Å²) in [5.41, 5.74) is 2.43. The Labute approximate surface area is 161 Å². The topological polar surface area (TPSA) is 78.7 Å². The van der Waals surface area contributed by atoms with Crippen LogP contribution in [0.4, 0.5) is 0 Å². The third kappa shape index (κ3) is 3.79. The van der Waals surface area contributed by atoms with Crippen LogP contribution < -0.4 is 0 Å². The number of carbonyl (C=O) groups excluding carboxylic acids is 1. The van der Waals surface area contributed by atoms with Crippen LogP contribution in [0.1, 0.15) is 16.1 Å². The summed E-state index contributed by atoms with van der Waals surface area (Å²) in [5.74, 6) is -0.376. The van der Waals surface area contributed by atoms with E-state index in [1.165, 1.54) is 20.4 Å². The molecule has 0 saturated heterocycles. The Hall–Kier alpha value is -2.52. The van der Waals surface area contributed by atoms with Crippen molar-refractivity contribution in [3.63, 3.8) is 0 Å². The van der Waals surface area contributed by atoms with Crippen LogP contribution in [0.5, 0.6) is 0 Å². The summed E-state index contributed by atoms with van der Waals surface area (Å²) in [6, 6.07) is 7.25. The van der Waals surface area contributed by atoms with Gasteiger partial charge in [0.2, 0.25) is 0 Å². The molecular weight excluding hydrogens is 372 g/mol. The van der Waals surface area contributed by atoms with E-state index in [1.807, 2.05) is 12.1 Å². The molecule has 8 nitrogen and oxygen atoms in total. The molecule has 27 heavy (non-hydrogen) atoms. The molecule has 0 bridgehead atoms. The molecule has 0 atom stereocenters. The minimum atomic E-state index is -0.376. The first kappa shape index (κ1) is 19.2. The number of nitrogens with zero attached hydrogens (tertiary/aromatic N) is 4. The van der Waals surface area contributed by atoms with Crippen molar-refractivity contribution in [2.45, 2.75) is 6.61 Å². The highest BCUT2D eigenvalue weighted by atomic mass is 35.5. The molecule has 9 heteroatoms. The Kier molecular flexibility index (Phi) is 6.02. The van der Waals surface area contributed by atoms with Crippen molar-refractivity contribution in [3.8, 4) is 5.69 Å². The lowest BCUT2D eigenvalue weighted by molar-refractivity contribution is -0.144. The van der Waals surface area contributed by atoms with E-state index in [2.05, 4.69) is 10.1 Å². The molecule has 142 valence electrons. The quantitative estimate of drug-likeness (QED) is 0.456. The molecule has 2 heterocycles. The number of methoxy groups -OCH3 is 2. The molecule has 0 saturated carbocycles. The predicted octanol–water partition coefficient (Wildman–Crippen LogP) is 2.83. The van der Waals surface area contributed by atoms with Gasteiger partial charge >= 0.3 is 0 Å². The standard InChI is InChI=1S/C18H19ClN4O4/c1-25-10-17-14(18(24)22(27-3)11-26-2)9-21-23(17)16-6-7-20-15-8-12(19)4-5-13(15)16/h4-9H,10-11H2,1-3H3. The SMILES string of the molecule is COCc1c(C(=O)N(COC)OC)cnn1-c1ccnc2cc(Cl)ccc12. The summed E-state index contributed by atoms with van der Waals surface area (Å²) in [6.45, 7) is 0.173. The predicted molar refractivity (Wildman–Crippen MR) is 99.6 cm³/mol. The smallest absolute Gasteiger partial charge is 0.283 e. The molecule has 0 aliphatic carbocycles. The molecule has 0 radical (unpaired) electrons. The molecule has 1 aromatic carbocycles. The van der Waals surface area contributed by atoms with Gasteiger partial charge in [0.05, 0.1) is 42.4 Å². The first-order valence-corrected chi connectivity index (χ1v) is 8.44. The average molecular weight is 391 g/mol. The van der Waals surface area contributed by atoms with Gasteiger partial charge in [-0.05, 0) is 24.3 Å². The molecule has 0 aliphatic rings. The highest BCUT2D eigenvalue weighted by Gasteiger charge is 2.24. The monoisotopic (exact) mass is 390 g/mol. The van der Waals surface area contributed by atoms with Gasteiger partial charge < -0.3 is 9.47 Å². The number of hydrogen-bond acceptors (Lipinski definition) is 6. The number of ether oxygens (including phenoxy) is 2. The van der Waals surface area contributed by atoms with Crippen LogP contribution in [0, 0.1) is 0 Å². The lowest BCUT2D eigenvalue weighted by Gasteiger charge is -2.18. The number of rotatable bonds is 7. The van der Waals surface area contributed by atoms with Crippen molar-refractivity contribution in [2.75, 3.05) is 28.1 Å². The first-order chi connectivity index (χ1) is 13.1. The zero-order chi connectivity index (χ0) is 19.4. The van der Waals surface area contributed by atoms with Crippen LogP contribution >= 0.6 is 11.6 Å². The third-order valence-electron chi connectivity index (χ3n) is 3.98. The average Bonchev–Trinajstić information content (AvgIpc) is 3.08. The Morgan fingerprint density at radius 3 is 2.74 bits per heavy atom. The molecular formula is C18H19ClN4O4. The maximum absolute atomic E-state index is 12.8. The van der Waals surface area contributed by atoms with Gasteiger partial charge in [0.25, 0.3) is 5.91 Å². The number of fused-ring (bicyclic) bond motifs is 1. The second-order valence-electron chi connectivity index (χ2n) is 5.63. The van der Waals surface area contributed by atoms with E-state index >= 15 is 0 Å². The molecule has 0 fully saturated rings. The summed E-state index contributed by atoms with van der Waals surface area (Å²) in [7, 11) is 4.43. The van der Waals surface area contributed by atoms with Gasteiger partial charge in [-0.1, -0.05) is 11.6 Å². The Balaban J connectivity index is 2.13. The molecule has 0 spiro atoms. The number of carbonyl (C=O) groups is 1. The number of hydroxylamine groups is 2. The van der Waals surface area contributed by atoms with Crippen molar-refractivity contribution in [1.29, 1.82) is 0 Å². The van der Waals surface area contributed by atoms with Crippen molar-refractivity contribution < 1.29 is 19.1 Å². The lowest BCUT2D eigenvalue weighted by Crippen LogP contribution is -2.32. The van der Waals surface area contributed by atoms with E-state index in [-0.39, 0.29) is 19.2 Å². The second-order valence-corrected chi connectivity index (χ2v) is 6.06. The number of amides is 1. The molecule has 2 aromatic heterocycles. The van der Waals surface area contributed by atoms with Crippen LogP contribution in [-0.4, -0.2) is 53.8 Å². The number of halogens is 1. The number of pyridine rings is 1. The lowest BCUT2D eigenvalue weighted by atomic mass is 10.1. The Bertz CT molecular complexity index is 960. The Morgan fingerprint density at radius 2 is 2.04 bits per heavy atom. The summed E-state index contributed by atoms with van der Waals surface area (Å²) in [5, 5.41) is 6.95. The van der Waals surface area contributed by atoms with Crippen molar-refractivity contribution in [1.82, 2.24) is 19.8 Å². The summed E-state index contributed by atoms with van der Waals surface area (Å²) in [4.78, 5) is 22.2. The fourth-order valence-electron chi connectivity index (χ4n) is 2.77. The van der Waals surface area contributed by atoms with Gasteiger partial charge in [-0.2, -0.15) is 10.2 Å². The van der Waals surface area contributed by atoms with Gasteiger partial charge in [-0.25, -0.2) is 4.68 Å². The van der Waals surface area contributed by atoms with Crippen LogP contribution in [0.25, 0.3) is 16.6 Å². The largest absolute Gasteiger partial charge is 0.378 e. The fourth-order valence-corrected chi connectivity index (χ4v) is 2.94. The number of aromatic nitrogens is 3. The summed E-state index contributed by atoms with van der Waals surface area (Å²) < 4.78 is 12.0. The summed E-state index contributed by atoms with van der Waals surface area (Å²) in [6.07, 6.45) is 3.15. The van der Waals surface area contributed by atoms with Crippen molar-refractivity contribution >= 4 is 28.4 Å². The zero-order valence-corrected chi connectivity index (χ0v) is 15.9. The van der Waals surface area contributed by atoms with E-state index in [0.717, 1.165) is 21.7 Å². The Morgan fingerprint density at radius 1 is 1.22 bits per heavy atom.